The number of rotatable bonds is 0. The van der Waals surface area contributed by atoms with E-state index in [4.69, 9.17) is 6.57 Å². The Morgan fingerprint density at radius 2 is 1.32 bits per heavy atom. The van der Waals surface area contributed by atoms with Crippen LogP contribution in [0.5, 0.6) is 0 Å². The highest BCUT2D eigenvalue weighted by Gasteiger charge is 2.16. The standard InChI is InChI=1S/C18H8N4/c1-20-18-15(10-19)21-16-13-8-4-2-6-11(13)12-7-3-5-9-14(12)17(16)22-18/h2-9H. The zero-order valence-corrected chi connectivity index (χ0v) is 11.4. The molecule has 0 aliphatic heterocycles. The normalized spacial score (nSPS) is 10.6. The number of hydrogen-bond acceptors (Lipinski definition) is 3. The number of nitriles is 1. The third-order valence-corrected chi connectivity index (χ3v) is 3.74. The quantitative estimate of drug-likeness (QED) is 0.355. The Kier molecular flexibility index (Phi) is 2.51. The first-order chi connectivity index (χ1) is 10.8. The van der Waals surface area contributed by atoms with Crippen LogP contribution in [-0.4, -0.2) is 9.97 Å². The second kappa shape index (κ2) is 4.51. The van der Waals surface area contributed by atoms with E-state index in [-0.39, 0.29) is 11.5 Å². The number of hydrogen-bond donors (Lipinski definition) is 0. The Hall–Kier alpha value is -3.50. The second-order valence-electron chi connectivity index (χ2n) is 4.91. The van der Waals surface area contributed by atoms with Crippen molar-refractivity contribution in [2.24, 2.45) is 0 Å². The van der Waals surface area contributed by atoms with Crippen LogP contribution in [0, 0.1) is 17.9 Å². The highest BCUT2D eigenvalue weighted by atomic mass is 14.9. The minimum Gasteiger partial charge on any atom is -0.358 e. The minimum absolute atomic E-state index is 0.0513. The van der Waals surface area contributed by atoms with Gasteiger partial charge in [0.05, 0.1) is 0 Å². The van der Waals surface area contributed by atoms with Gasteiger partial charge < -0.3 is 4.85 Å². The Bertz CT molecular complexity index is 1050. The molecule has 0 unspecified atom stereocenters. The first kappa shape index (κ1) is 12.3. The molecule has 4 rings (SSSR count). The molecule has 1 aromatic heterocycles. The van der Waals surface area contributed by atoms with E-state index < -0.39 is 0 Å². The van der Waals surface area contributed by atoms with Crippen LogP contribution >= 0.6 is 0 Å². The van der Waals surface area contributed by atoms with Crippen molar-refractivity contribution in [3.05, 3.63) is 65.6 Å². The maximum atomic E-state index is 9.20. The van der Waals surface area contributed by atoms with Gasteiger partial charge >= 0.3 is 5.82 Å². The Balaban J connectivity index is 2.39. The zero-order valence-electron chi connectivity index (χ0n) is 11.4. The van der Waals surface area contributed by atoms with Crippen LogP contribution in [0.25, 0.3) is 37.4 Å². The molecule has 0 spiro atoms. The van der Waals surface area contributed by atoms with Gasteiger partial charge in [-0.3, -0.25) is 0 Å². The summed E-state index contributed by atoms with van der Waals surface area (Å²) >= 11 is 0. The molecule has 100 valence electrons. The molecule has 4 nitrogen and oxygen atoms in total. The highest BCUT2D eigenvalue weighted by Crippen LogP contribution is 2.34. The van der Waals surface area contributed by atoms with Crippen LogP contribution in [0.2, 0.25) is 0 Å². The number of fused-ring (bicyclic) bond motifs is 6. The molecule has 0 bridgehead atoms. The molecule has 0 radical (unpaired) electrons. The largest absolute Gasteiger partial charge is 0.358 e. The zero-order chi connectivity index (χ0) is 15.1. The van der Waals surface area contributed by atoms with Crippen molar-refractivity contribution < 1.29 is 0 Å². The van der Waals surface area contributed by atoms with E-state index in [0.29, 0.717) is 11.0 Å². The lowest BCUT2D eigenvalue weighted by atomic mass is 9.99. The predicted octanol–water partition coefficient (Wildman–Crippen LogP) is 4.36. The SMILES string of the molecule is [C-]#[N+]c1nc2c3ccccc3c3ccccc3c2nc1C#N. The lowest BCUT2D eigenvalue weighted by Gasteiger charge is -2.07. The lowest BCUT2D eigenvalue weighted by molar-refractivity contribution is 1.27. The van der Waals surface area contributed by atoms with Crippen LogP contribution in [0.3, 0.4) is 0 Å². The van der Waals surface area contributed by atoms with Crippen molar-refractivity contribution in [1.29, 1.82) is 5.26 Å². The monoisotopic (exact) mass is 280 g/mol. The van der Waals surface area contributed by atoms with Crippen molar-refractivity contribution in [3.8, 4) is 6.07 Å². The molecule has 0 fully saturated rings. The van der Waals surface area contributed by atoms with E-state index in [9.17, 15) is 5.26 Å². The third kappa shape index (κ3) is 1.55. The van der Waals surface area contributed by atoms with Crippen molar-refractivity contribution in [3.63, 3.8) is 0 Å². The molecule has 0 saturated heterocycles. The summed E-state index contributed by atoms with van der Waals surface area (Å²) in [5.74, 6) is 0.0513. The fourth-order valence-electron chi connectivity index (χ4n) is 2.80. The van der Waals surface area contributed by atoms with E-state index in [0.717, 1.165) is 21.5 Å². The van der Waals surface area contributed by atoms with Crippen LogP contribution in [0.1, 0.15) is 5.69 Å². The Morgan fingerprint density at radius 3 is 1.82 bits per heavy atom. The molecule has 0 amide bonds. The molecule has 22 heavy (non-hydrogen) atoms. The van der Waals surface area contributed by atoms with Gasteiger partial charge in [0.25, 0.3) is 0 Å². The van der Waals surface area contributed by atoms with E-state index in [1.165, 1.54) is 0 Å². The van der Waals surface area contributed by atoms with Crippen LogP contribution in [-0.2, 0) is 0 Å². The average molecular weight is 280 g/mol. The van der Waals surface area contributed by atoms with Crippen molar-refractivity contribution >= 4 is 38.4 Å². The Labute approximate surface area is 126 Å². The molecule has 4 aromatic rings. The molecule has 0 N–H and O–H groups in total. The molecular weight excluding hydrogens is 272 g/mol. The summed E-state index contributed by atoms with van der Waals surface area (Å²) in [7, 11) is 0. The molecular formula is C18H8N4. The number of benzene rings is 3. The molecule has 0 aliphatic rings. The van der Waals surface area contributed by atoms with E-state index >= 15 is 0 Å². The van der Waals surface area contributed by atoms with Gasteiger partial charge in [0.15, 0.2) is 11.2 Å². The highest BCUT2D eigenvalue weighted by molar-refractivity contribution is 6.23. The van der Waals surface area contributed by atoms with Crippen molar-refractivity contribution in [2.75, 3.05) is 0 Å². The number of aromatic nitrogens is 2. The summed E-state index contributed by atoms with van der Waals surface area (Å²) in [6.07, 6.45) is 0. The molecule has 0 saturated carbocycles. The van der Waals surface area contributed by atoms with Crippen molar-refractivity contribution in [2.45, 2.75) is 0 Å². The lowest BCUT2D eigenvalue weighted by Crippen LogP contribution is -1.92. The second-order valence-corrected chi connectivity index (χ2v) is 4.91. The third-order valence-electron chi connectivity index (χ3n) is 3.74. The Morgan fingerprint density at radius 1 is 0.818 bits per heavy atom. The fraction of sp³-hybridized carbons (Fsp3) is 0. The van der Waals surface area contributed by atoms with Gasteiger partial charge in [-0.25, -0.2) is 4.98 Å². The summed E-state index contributed by atoms with van der Waals surface area (Å²) in [5, 5.41) is 13.2. The van der Waals surface area contributed by atoms with Crippen LogP contribution in [0.4, 0.5) is 5.82 Å². The predicted molar refractivity (Wildman–Crippen MR) is 85.5 cm³/mol. The average Bonchev–Trinajstić information content (AvgIpc) is 2.60. The van der Waals surface area contributed by atoms with Gasteiger partial charge in [0, 0.05) is 10.8 Å². The molecule has 3 aromatic carbocycles. The summed E-state index contributed by atoms with van der Waals surface area (Å²) in [6, 6.07) is 17.8. The van der Waals surface area contributed by atoms with Gasteiger partial charge in [0.1, 0.15) is 11.6 Å². The smallest absolute Gasteiger partial charge is 0.307 e. The molecule has 1 heterocycles. The molecule has 4 heteroatoms. The van der Waals surface area contributed by atoms with Gasteiger partial charge in [-0.05, 0) is 16.8 Å². The maximum Gasteiger partial charge on any atom is 0.307 e. The van der Waals surface area contributed by atoms with Crippen molar-refractivity contribution in [1.82, 2.24) is 9.97 Å². The van der Waals surface area contributed by atoms with Gasteiger partial charge in [0.2, 0.25) is 0 Å². The molecule has 0 aliphatic carbocycles. The topological polar surface area (TPSA) is 53.9 Å². The van der Waals surface area contributed by atoms with Gasteiger partial charge in [-0.15, -0.1) is 4.98 Å². The minimum atomic E-state index is 0.0513. The number of nitrogens with zero attached hydrogens (tertiary/aromatic N) is 4. The van der Waals surface area contributed by atoms with E-state index in [2.05, 4.69) is 14.8 Å². The van der Waals surface area contributed by atoms with Crippen LogP contribution in [0.15, 0.2) is 48.5 Å². The fourth-order valence-corrected chi connectivity index (χ4v) is 2.80. The maximum absolute atomic E-state index is 9.20. The summed E-state index contributed by atoms with van der Waals surface area (Å²) in [5.41, 5.74) is 1.40. The first-order valence-corrected chi connectivity index (χ1v) is 6.72. The summed E-state index contributed by atoms with van der Waals surface area (Å²) in [6.45, 7) is 7.21. The molecule has 0 atom stereocenters. The van der Waals surface area contributed by atoms with Gasteiger partial charge in [-0.1, -0.05) is 49.0 Å². The van der Waals surface area contributed by atoms with Crippen LogP contribution < -0.4 is 0 Å². The van der Waals surface area contributed by atoms with Gasteiger partial charge in [-0.2, -0.15) is 5.26 Å². The first-order valence-electron chi connectivity index (χ1n) is 6.72. The van der Waals surface area contributed by atoms with E-state index in [1.807, 2.05) is 54.6 Å². The summed E-state index contributed by atoms with van der Waals surface area (Å²) < 4.78 is 0. The summed E-state index contributed by atoms with van der Waals surface area (Å²) in [4.78, 5) is 12.1. The van der Waals surface area contributed by atoms with E-state index in [1.54, 1.807) is 0 Å².